The van der Waals surface area contributed by atoms with E-state index in [1.807, 2.05) is 18.2 Å². The smallest absolute Gasteiger partial charge is 0.327 e. The summed E-state index contributed by atoms with van der Waals surface area (Å²) in [6, 6.07) is 9.14. The lowest BCUT2D eigenvalue weighted by molar-refractivity contribution is -0.140. The topological polar surface area (TPSA) is 69.6 Å². The molecule has 114 valence electrons. The second kappa shape index (κ2) is 7.36. The van der Waals surface area contributed by atoms with E-state index in [1.54, 1.807) is 0 Å². The van der Waals surface area contributed by atoms with Gasteiger partial charge < -0.3 is 15.3 Å². The van der Waals surface area contributed by atoms with Crippen molar-refractivity contribution in [2.45, 2.75) is 25.3 Å². The highest BCUT2D eigenvalue weighted by Crippen LogP contribution is 2.21. The first-order valence-electron chi connectivity index (χ1n) is 6.99. The molecule has 21 heavy (non-hydrogen) atoms. The summed E-state index contributed by atoms with van der Waals surface area (Å²) < 4.78 is 0. The molecule has 1 aromatic rings. The van der Waals surface area contributed by atoms with E-state index in [0.29, 0.717) is 24.1 Å². The molecule has 0 radical (unpaired) electrons. The summed E-state index contributed by atoms with van der Waals surface area (Å²) in [5.74, 6) is 0.322. The van der Waals surface area contributed by atoms with Crippen LogP contribution in [0.2, 0.25) is 0 Å². The number of carbonyl (C=O) groups excluding carboxylic acids is 1. The van der Waals surface area contributed by atoms with Crippen LogP contribution in [0.25, 0.3) is 0 Å². The van der Waals surface area contributed by atoms with E-state index in [9.17, 15) is 9.59 Å². The minimum absolute atomic E-state index is 0.285. The SMILES string of the molecule is CC(CCNC(=O)N1CSC[C@H]1C(=O)O)c1ccccc1. The summed E-state index contributed by atoms with van der Waals surface area (Å²) in [7, 11) is 0. The number of rotatable bonds is 5. The van der Waals surface area contributed by atoms with Crippen LogP contribution in [0.5, 0.6) is 0 Å². The highest BCUT2D eigenvalue weighted by molar-refractivity contribution is 7.99. The number of amides is 2. The fraction of sp³-hybridized carbons (Fsp3) is 0.467. The van der Waals surface area contributed by atoms with Crippen molar-refractivity contribution in [3.05, 3.63) is 35.9 Å². The van der Waals surface area contributed by atoms with Crippen LogP contribution in [0.4, 0.5) is 4.79 Å². The summed E-state index contributed by atoms with van der Waals surface area (Å²) in [5.41, 5.74) is 1.24. The van der Waals surface area contributed by atoms with Crippen LogP contribution < -0.4 is 5.32 Å². The van der Waals surface area contributed by atoms with Gasteiger partial charge >= 0.3 is 12.0 Å². The van der Waals surface area contributed by atoms with Crippen molar-refractivity contribution >= 4 is 23.8 Å². The maximum absolute atomic E-state index is 12.0. The zero-order chi connectivity index (χ0) is 15.2. The summed E-state index contributed by atoms with van der Waals surface area (Å²) >= 11 is 1.47. The lowest BCUT2D eigenvalue weighted by Gasteiger charge is -2.21. The molecule has 1 fully saturated rings. The number of carbonyl (C=O) groups is 2. The minimum Gasteiger partial charge on any atom is -0.480 e. The molecule has 5 nitrogen and oxygen atoms in total. The first-order chi connectivity index (χ1) is 10.1. The first-order valence-corrected chi connectivity index (χ1v) is 8.15. The Kier molecular flexibility index (Phi) is 5.50. The standard InChI is InChI=1S/C15H20N2O3S/c1-11(12-5-3-2-4-6-12)7-8-16-15(20)17-10-21-9-13(17)14(18)19/h2-6,11,13H,7-10H2,1H3,(H,16,20)(H,18,19)/t11?,13-/m0/s1. The maximum Gasteiger partial charge on any atom is 0.327 e. The number of carboxylic acids is 1. The van der Waals surface area contributed by atoms with Gasteiger partial charge in [0.2, 0.25) is 0 Å². The number of thioether (sulfide) groups is 1. The van der Waals surface area contributed by atoms with Gasteiger partial charge in [-0.2, -0.15) is 0 Å². The number of urea groups is 1. The highest BCUT2D eigenvalue weighted by atomic mass is 32.2. The van der Waals surface area contributed by atoms with Crippen molar-refractivity contribution < 1.29 is 14.7 Å². The van der Waals surface area contributed by atoms with Gasteiger partial charge in [-0.25, -0.2) is 9.59 Å². The van der Waals surface area contributed by atoms with Crippen molar-refractivity contribution in [3.8, 4) is 0 Å². The van der Waals surface area contributed by atoms with Crippen molar-refractivity contribution in [3.63, 3.8) is 0 Å². The van der Waals surface area contributed by atoms with Gasteiger partial charge in [-0.05, 0) is 17.9 Å². The number of hydrogen-bond acceptors (Lipinski definition) is 3. The Balaban J connectivity index is 1.78. The van der Waals surface area contributed by atoms with E-state index >= 15 is 0 Å². The molecule has 1 unspecified atom stereocenters. The molecule has 1 aliphatic heterocycles. The van der Waals surface area contributed by atoms with E-state index in [-0.39, 0.29) is 6.03 Å². The molecule has 1 heterocycles. The normalized spacial score (nSPS) is 19.3. The second-order valence-corrected chi connectivity index (χ2v) is 6.16. The molecule has 1 saturated heterocycles. The van der Waals surface area contributed by atoms with Gasteiger partial charge in [-0.3, -0.25) is 0 Å². The van der Waals surface area contributed by atoms with Crippen LogP contribution >= 0.6 is 11.8 Å². The summed E-state index contributed by atoms with van der Waals surface area (Å²) in [6.45, 7) is 2.66. The highest BCUT2D eigenvalue weighted by Gasteiger charge is 2.34. The summed E-state index contributed by atoms with van der Waals surface area (Å²) in [5, 5.41) is 11.9. The largest absolute Gasteiger partial charge is 0.480 e. The molecule has 2 N–H and O–H groups in total. The van der Waals surface area contributed by atoms with Crippen LogP contribution in [0.1, 0.15) is 24.8 Å². The van der Waals surface area contributed by atoms with Crippen molar-refractivity contribution in [1.82, 2.24) is 10.2 Å². The average Bonchev–Trinajstić information content (AvgIpc) is 2.97. The molecule has 0 bridgehead atoms. The van der Waals surface area contributed by atoms with E-state index < -0.39 is 12.0 Å². The Labute approximate surface area is 128 Å². The zero-order valence-corrected chi connectivity index (χ0v) is 12.8. The van der Waals surface area contributed by atoms with Gasteiger partial charge in [0.25, 0.3) is 0 Å². The van der Waals surface area contributed by atoms with Crippen LogP contribution in [-0.4, -0.2) is 46.2 Å². The predicted octanol–water partition coefficient (Wildman–Crippen LogP) is 2.35. The van der Waals surface area contributed by atoms with Gasteiger partial charge in [0, 0.05) is 12.3 Å². The molecule has 1 aliphatic rings. The number of benzene rings is 1. The molecule has 0 spiro atoms. The Bertz CT molecular complexity index is 495. The van der Waals surface area contributed by atoms with Gasteiger partial charge in [0.15, 0.2) is 0 Å². The fourth-order valence-electron chi connectivity index (χ4n) is 2.29. The Morgan fingerprint density at radius 3 is 2.81 bits per heavy atom. The van der Waals surface area contributed by atoms with Gasteiger partial charge in [-0.1, -0.05) is 37.3 Å². The lowest BCUT2D eigenvalue weighted by atomic mass is 9.98. The number of aliphatic carboxylic acids is 1. The van der Waals surface area contributed by atoms with Crippen molar-refractivity contribution in [1.29, 1.82) is 0 Å². The van der Waals surface area contributed by atoms with E-state index in [1.165, 1.54) is 22.2 Å². The monoisotopic (exact) mass is 308 g/mol. The minimum atomic E-state index is -0.937. The third-order valence-corrected chi connectivity index (χ3v) is 4.66. The number of nitrogens with one attached hydrogen (secondary N) is 1. The molecule has 2 atom stereocenters. The Morgan fingerprint density at radius 1 is 1.43 bits per heavy atom. The number of carboxylic acid groups (broad SMARTS) is 1. The predicted molar refractivity (Wildman–Crippen MR) is 83.5 cm³/mol. The molecule has 2 rings (SSSR count). The van der Waals surface area contributed by atoms with Crippen LogP contribution in [0.15, 0.2) is 30.3 Å². The van der Waals surface area contributed by atoms with Crippen molar-refractivity contribution in [2.75, 3.05) is 18.2 Å². The third kappa shape index (κ3) is 4.14. The molecule has 2 amide bonds. The molecule has 6 heteroatoms. The third-order valence-electron chi connectivity index (χ3n) is 3.65. The fourth-order valence-corrected chi connectivity index (χ4v) is 3.44. The average molecular weight is 308 g/mol. The van der Waals surface area contributed by atoms with Crippen LogP contribution in [0.3, 0.4) is 0 Å². The zero-order valence-electron chi connectivity index (χ0n) is 12.0. The number of nitrogens with zero attached hydrogens (tertiary/aromatic N) is 1. The molecule has 0 aliphatic carbocycles. The van der Waals surface area contributed by atoms with Crippen LogP contribution in [-0.2, 0) is 4.79 Å². The molecule has 1 aromatic carbocycles. The van der Waals surface area contributed by atoms with E-state index in [2.05, 4.69) is 24.4 Å². The lowest BCUT2D eigenvalue weighted by Crippen LogP contribution is -2.47. The van der Waals surface area contributed by atoms with E-state index in [4.69, 9.17) is 5.11 Å². The Hall–Kier alpha value is -1.69. The molecule has 0 aromatic heterocycles. The quantitative estimate of drug-likeness (QED) is 0.876. The van der Waals surface area contributed by atoms with Gasteiger partial charge in [-0.15, -0.1) is 11.8 Å². The number of hydrogen-bond donors (Lipinski definition) is 2. The van der Waals surface area contributed by atoms with Gasteiger partial charge in [0.1, 0.15) is 6.04 Å². The maximum atomic E-state index is 12.0. The van der Waals surface area contributed by atoms with Gasteiger partial charge in [0.05, 0.1) is 5.88 Å². The van der Waals surface area contributed by atoms with Crippen molar-refractivity contribution in [2.24, 2.45) is 0 Å². The molecule has 0 saturated carbocycles. The van der Waals surface area contributed by atoms with Crippen LogP contribution in [0, 0.1) is 0 Å². The van der Waals surface area contributed by atoms with E-state index in [0.717, 1.165) is 6.42 Å². The molecular weight excluding hydrogens is 288 g/mol. The molecular formula is C15H20N2O3S. The first kappa shape index (κ1) is 15.7. The summed E-state index contributed by atoms with van der Waals surface area (Å²) in [4.78, 5) is 24.5. The Morgan fingerprint density at radius 2 is 2.14 bits per heavy atom. The second-order valence-electron chi connectivity index (χ2n) is 5.16. The summed E-state index contributed by atoms with van der Waals surface area (Å²) in [6.07, 6.45) is 0.828.